The molecule has 1 aliphatic rings. The Balaban J connectivity index is 1.52. The number of aromatic nitrogens is 2. The van der Waals surface area contributed by atoms with Gasteiger partial charge in [0.2, 0.25) is 11.0 Å². The third kappa shape index (κ3) is 4.40. The molecule has 1 aromatic carbocycles. The fourth-order valence-corrected chi connectivity index (χ4v) is 3.22. The van der Waals surface area contributed by atoms with Crippen molar-refractivity contribution in [3.05, 3.63) is 30.1 Å². The van der Waals surface area contributed by atoms with Crippen LogP contribution >= 0.6 is 23.1 Å². The molecule has 0 unspecified atom stereocenters. The van der Waals surface area contributed by atoms with Crippen LogP contribution in [0, 0.1) is 5.82 Å². The Bertz CT molecular complexity index is 645. The number of amides is 1. The molecule has 0 radical (unpaired) electrons. The summed E-state index contributed by atoms with van der Waals surface area (Å²) in [6.07, 6.45) is 2.16. The van der Waals surface area contributed by atoms with Crippen molar-refractivity contribution < 1.29 is 9.18 Å². The summed E-state index contributed by atoms with van der Waals surface area (Å²) < 4.78 is 13.8. The minimum Gasteiger partial charge on any atom is -0.353 e. The maximum atomic E-state index is 13.1. The Morgan fingerprint density at radius 2 is 2.29 bits per heavy atom. The molecule has 0 bridgehead atoms. The third-order valence-electron chi connectivity index (χ3n) is 2.75. The highest BCUT2D eigenvalue weighted by molar-refractivity contribution is 8.01. The minimum atomic E-state index is -0.309. The van der Waals surface area contributed by atoms with E-state index in [-0.39, 0.29) is 11.7 Å². The van der Waals surface area contributed by atoms with Crippen LogP contribution in [0.3, 0.4) is 0 Å². The van der Waals surface area contributed by atoms with Gasteiger partial charge in [-0.3, -0.25) is 4.79 Å². The van der Waals surface area contributed by atoms with Crippen molar-refractivity contribution in [3.8, 4) is 0 Å². The predicted molar refractivity (Wildman–Crippen MR) is 81.5 cm³/mol. The van der Waals surface area contributed by atoms with Crippen molar-refractivity contribution in [1.82, 2.24) is 15.5 Å². The highest BCUT2D eigenvalue weighted by Crippen LogP contribution is 2.28. The lowest BCUT2D eigenvalue weighted by atomic mass is 10.3. The Labute approximate surface area is 129 Å². The maximum Gasteiger partial charge on any atom is 0.230 e. The van der Waals surface area contributed by atoms with Gasteiger partial charge >= 0.3 is 0 Å². The topological polar surface area (TPSA) is 66.9 Å². The molecule has 0 spiro atoms. The number of halogens is 1. The first kappa shape index (κ1) is 14.3. The molecule has 1 saturated carbocycles. The lowest BCUT2D eigenvalue weighted by Crippen LogP contribution is -2.26. The second kappa shape index (κ2) is 6.40. The molecule has 0 saturated heterocycles. The maximum absolute atomic E-state index is 13.1. The molecule has 21 heavy (non-hydrogen) atoms. The van der Waals surface area contributed by atoms with Gasteiger partial charge in [0.1, 0.15) is 5.82 Å². The summed E-state index contributed by atoms with van der Waals surface area (Å²) in [5.74, 6) is 0.0543. The number of benzene rings is 1. The van der Waals surface area contributed by atoms with E-state index in [0.717, 1.165) is 12.8 Å². The van der Waals surface area contributed by atoms with Gasteiger partial charge < -0.3 is 10.6 Å². The molecule has 0 aliphatic heterocycles. The number of rotatable bonds is 6. The number of thioether (sulfide) groups is 1. The molecule has 110 valence electrons. The smallest absolute Gasteiger partial charge is 0.230 e. The van der Waals surface area contributed by atoms with Crippen molar-refractivity contribution in [3.63, 3.8) is 0 Å². The molecule has 1 aromatic heterocycles. The van der Waals surface area contributed by atoms with Crippen LogP contribution in [0.15, 0.2) is 28.6 Å². The van der Waals surface area contributed by atoms with E-state index in [1.165, 1.54) is 35.2 Å². The predicted octanol–water partition coefficient (Wildman–Crippen LogP) is 2.79. The van der Waals surface area contributed by atoms with E-state index in [1.54, 1.807) is 12.1 Å². The zero-order valence-corrected chi connectivity index (χ0v) is 12.6. The normalized spacial score (nSPS) is 14.0. The van der Waals surface area contributed by atoms with Gasteiger partial charge in [-0.1, -0.05) is 29.2 Å². The Hall–Kier alpha value is -1.67. The van der Waals surface area contributed by atoms with Crippen LogP contribution in [0.2, 0.25) is 0 Å². The molecule has 2 aromatic rings. The molecule has 1 heterocycles. The quantitative estimate of drug-likeness (QED) is 0.800. The fraction of sp³-hybridized carbons (Fsp3) is 0.308. The second-order valence-corrected chi connectivity index (χ2v) is 6.84. The van der Waals surface area contributed by atoms with Gasteiger partial charge in [-0.15, -0.1) is 10.2 Å². The summed E-state index contributed by atoms with van der Waals surface area (Å²) in [4.78, 5) is 11.6. The van der Waals surface area contributed by atoms with Crippen LogP contribution < -0.4 is 10.6 Å². The van der Waals surface area contributed by atoms with Crippen LogP contribution in [-0.4, -0.2) is 27.9 Å². The van der Waals surface area contributed by atoms with Crippen LogP contribution in [-0.2, 0) is 4.79 Å². The zero-order chi connectivity index (χ0) is 14.7. The van der Waals surface area contributed by atoms with Crippen molar-refractivity contribution >= 4 is 39.8 Å². The van der Waals surface area contributed by atoms with Crippen molar-refractivity contribution in [2.24, 2.45) is 0 Å². The van der Waals surface area contributed by atoms with Crippen molar-refractivity contribution in [2.45, 2.75) is 23.2 Å². The summed E-state index contributed by atoms with van der Waals surface area (Å²) >= 11 is 2.69. The molecular weight excluding hydrogens is 311 g/mol. The highest BCUT2D eigenvalue weighted by Gasteiger charge is 2.23. The summed E-state index contributed by atoms with van der Waals surface area (Å²) in [6.45, 7) is 0. The van der Waals surface area contributed by atoms with E-state index in [1.807, 2.05) is 0 Å². The van der Waals surface area contributed by atoms with Gasteiger partial charge in [-0.2, -0.15) is 0 Å². The Kier molecular flexibility index (Phi) is 4.35. The number of anilines is 2. The molecular formula is C13H13FN4OS2. The van der Waals surface area contributed by atoms with Crippen LogP contribution in [0.1, 0.15) is 12.8 Å². The Morgan fingerprint density at radius 1 is 1.43 bits per heavy atom. The zero-order valence-electron chi connectivity index (χ0n) is 11.0. The van der Waals surface area contributed by atoms with Gasteiger partial charge in [0.05, 0.1) is 5.75 Å². The van der Waals surface area contributed by atoms with Crippen LogP contribution in [0.5, 0.6) is 0 Å². The lowest BCUT2D eigenvalue weighted by Gasteiger charge is -2.01. The number of carbonyl (C=O) groups excluding carboxylic acids is 1. The largest absolute Gasteiger partial charge is 0.353 e. The third-order valence-corrected chi connectivity index (χ3v) is 4.72. The van der Waals surface area contributed by atoms with Gasteiger partial charge in [0, 0.05) is 11.7 Å². The van der Waals surface area contributed by atoms with Gasteiger partial charge in [-0.25, -0.2) is 4.39 Å². The first-order chi connectivity index (χ1) is 10.2. The van der Waals surface area contributed by atoms with Crippen molar-refractivity contribution in [1.29, 1.82) is 0 Å². The van der Waals surface area contributed by atoms with Gasteiger partial charge in [0.15, 0.2) is 4.34 Å². The number of hydrogen-bond acceptors (Lipinski definition) is 6. The average Bonchev–Trinajstić information content (AvgIpc) is 3.14. The van der Waals surface area contributed by atoms with E-state index in [9.17, 15) is 9.18 Å². The Morgan fingerprint density at radius 3 is 3.05 bits per heavy atom. The number of hydrogen-bond donors (Lipinski definition) is 2. The highest BCUT2D eigenvalue weighted by atomic mass is 32.2. The molecule has 1 amide bonds. The van der Waals surface area contributed by atoms with Gasteiger partial charge in [0.25, 0.3) is 0 Å². The summed E-state index contributed by atoms with van der Waals surface area (Å²) in [6, 6.07) is 6.51. The average molecular weight is 324 g/mol. The monoisotopic (exact) mass is 324 g/mol. The molecule has 2 N–H and O–H groups in total. The second-order valence-electron chi connectivity index (χ2n) is 4.64. The SMILES string of the molecule is O=C(CSc1nnc(Nc2cccc(F)c2)s1)NC1CC1. The number of nitrogens with one attached hydrogen (secondary N) is 2. The standard InChI is InChI=1S/C13H13FN4OS2/c14-8-2-1-3-10(6-8)16-12-17-18-13(21-12)20-7-11(19)15-9-4-5-9/h1-3,6,9H,4-5,7H2,(H,15,19)(H,16,17). The van der Waals surface area contributed by atoms with Crippen molar-refractivity contribution in [2.75, 3.05) is 11.1 Å². The fourth-order valence-electron chi connectivity index (χ4n) is 1.63. The molecule has 0 atom stereocenters. The first-order valence-electron chi connectivity index (χ1n) is 6.47. The van der Waals surface area contributed by atoms with Crippen LogP contribution in [0.4, 0.5) is 15.2 Å². The van der Waals surface area contributed by atoms with E-state index in [2.05, 4.69) is 20.8 Å². The van der Waals surface area contributed by atoms with E-state index in [4.69, 9.17) is 0 Å². The summed E-state index contributed by atoms with van der Waals surface area (Å²) in [7, 11) is 0. The molecule has 1 aliphatic carbocycles. The van der Waals surface area contributed by atoms with E-state index >= 15 is 0 Å². The van der Waals surface area contributed by atoms with E-state index in [0.29, 0.717) is 27.0 Å². The molecule has 5 nitrogen and oxygen atoms in total. The minimum absolute atomic E-state index is 0.0253. The molecule has 3 rings (SSSR count). The first-order valence-corrected chi connectivity index (χ1v) is 8.27. The molecule has 1 fully saturated rings. The van der Waals surface area contributed by atoms with Gasteiger partial charge in [-0.05, 0) is 31.0 Å². The lowest BCUT2D eigenvalue weighted by molar-refractivity contribution is -0.118. The summed E-state index contributed by atoms with van der Waals surface area (Å²) in [5.41, 5.74) is 0.620. The molecule has 8 heteroatoms. The number of nitrogens with zero attached hydrogens (tertiary/aromatic N) is 2. The van der Waals surface area contributed by atoms with Crippen LogP contribution in [0.25, 0.3) is 0 Å². The number of carbonyl (C=O) groups is 1. The van der Waals surface area contributed by atoms with E-state index < -0.39 is 0 Å². The summed E-state index contributed by atoms with van der Waals surface area (Å²) in [5, 5.41) is 14.4.